The molecule has 2 aliphatic rings. The quantitative estimate of drug-likeness (QED) is 0.562. The van der Waals surface area contributed by atoms with Crippen LogP contribution in [0.1, 0.15) is 44.7 Å². The number of nitrogens with one attached hydrogen (secondary N) is 1. The lowest BCUT2D eigenvalue weighted by Gasteiger charge is -2.26. The number of anilines is 1. The summed E-state index contributed by atoms with van der Waals surface area (Å²) in [7, 11) is 0. The molecule has 0 spiro atoms. The van der Waals surface area contributed by atoms with Crippen LogP contribution in [0.2, 0.25) is 0 Å². The first-order chi connectivity index (χ1) is 14.6. The third-order valence-corrected chi connectivity index (χ3v) is 4.87. The van der Waals surface area contributed by atoms with Gasteiger partial charge in [-0.05, 0) is 54.2 Å². The topological polar surface area (TPSA) is 62.3 Å². The minimum atomic E-state index is -0.0149. The van der Waals surface area contributed by atoms with Gasteiger partial charge in [0.2, 0.25) is 11.8 Å². The van der Waals surface area contributed by atoms with Crippen molar-refractivity contribution in [1.82, 2.24) is 9.88 Å². The highest BCUT2D eigenvalue weighted by Crippen LogP contribution is 2.22. The molecule has 3 rings (SSSR count). The maximum Gasteiger partial charge on any atom is 0.246 e. The summed E-state index contributed by atoms with van der Waals surface area (Å²) in [6.45, 7) is 11.1. The number of nitrogens with zero attached hydrogens (tertiary/aromatic N) is 2. The maximum absolute atomic E-state index is 12.5. The van der Waals surface area contributed by atoms with Crippen LogP contribution in [0.4, 0.5) is 5.82 Å². The standard InChI is InChI=1S/C23H25N3O2.C2H6/c1-3-5-6-18(4-2)19-11-13-26(14-12-19)22(28)10-7-17-15-20-8-9-21(27)25-23(20)24-16-17;1-2/h3-7,10-11,15-16H,2,8-9,12-14H2,1H3,(H,24,25,27);1-2H3/b5-3-,10-7+,18-6+;. The van der Waals surface area contributed by atoms with Crippen molar-refractivity contribution in [2.45, 2.75) is 40.0 Å². The lowest BCUT2D eigenvalue weighted by atomic mass is 9.99. The van der Waals surface area contributed by atoms with Gasteiger partial charge in [-0.2, -0.15) is 0 Å². The SMILES string of the molecule is C=C/C(=C\C=C/C)C1=CCN(C(=O)/C=C/c2cnc3c(c2)CCC(=O)N3)CC1.CC. The Morgan fingerprint density at radius 1 is 1.27 bits per heavy atom. The van der Waals surface area contributed by atoms with Gasteiger partial charge < -0.3 is 10.2 Å². The molecule has 2 amide bonds. The van der Waals surface area contributed by atoms with Crippen molar-refractivity contribution in [1.29, 1.82) is 0 Å². The van der Waals surface area contributed by atoms with E-state index in [0.29, 0.717) is 31.7 Å². The number of hydrogen-bond acceptors (Lipinski definition) is 3. The third-order valence-electron chi connectivity index (χ3n) is 4.87. The number of allylic oxidation sites excluding steroid dienone is 5. The van der Waals surface area contributed by atoms with E-state index in [4.69, 9.17) is 0 Å². The van der Waals surface area contributed by atoms with E-state index in [1.165, 1.54) is 5.57 Å². The molecule has 1 aromatic heterocycles. The molecular weight excluding hydrogens is 374 g/mol. The second-order valence-corrected chi connectivity index (χ2v) is 6.77. The van der Waals surface area contributed by atoms with Crippen LogP contribution in [-0.2, 0) is 16.0 Å². The summed E-state index contributed by atoms with van der Waals surface area (Å²) in [5.41, 5.74) is 4.19. The number of pyridine rings is 1. The van der Waals surface area contributed by atoms with Crippen molar-refractivity contribution >= 4 is 23.7 Å². The molecule has 0 radical (unpaired) electrons. The van der Waals surface area contributed by atoms with Crippen LogP contribution in [0.25, 0.3) is 6.08 Å². The molecule has 0 aliphatic carbocycles. The van der Waals surface area contributed by atoms with Gasteiger partial charge in [-0.15, -0.1) is 0 Å². The van der Waals surface area contributed by atoms with E-state index in [0.717, 1.165) is 23.1 Å². The summed E-state index contributed by atoms with van der Waals surface area (Å²) in [5, 5.41) is 2.76. The van der Waals surface area contributed by atoms with Gasteiger partial charge in [0.25, 0.3) is 0 Å². The average Bonchev–Trinajstić information content (AvgIpc) is 2.79. The zero-order valence-corrected chi connectivity index (χ0v) is 18.1. The Morgan fingerprint density at radius 3 is 2.73 bits per heavy atom. The number of hydrogen-bond donors (Lipinski definition) is 1. The largest absolute Gasteiger partial charge is 0.335 e. The smallest absolute Gasteiger partial charge is 0.246 e. The number of aryl methyl sites for hydroxylation is 1. The van der Waals surface area contributed by atoms with Crippen LogP contribution < -0.4 is 5.32 Å². The van der Waals surface area contributed by atoms with Crippen molar-refractivity contribution < 1.29 is 9.59 Å². The zero-order chi connectivity index (χ0) is 21.9. The van der Waals surface area contributed by atoms with Gasteiger partial charge >= 0.3 is 0 Å². The van der Waals surface area contributed by atoms with Gasteiger partial charge in [0.05, 0.1) is 0 Å². The minimum Gasteiger partial charge on any atom is -0.335 e. The molecule has 0 unspecified atom stereocenters. The Bertz CT molecular complexity index is 907. The fourth-order valence-corrected chi connectivity index (χ4v) is 3.28. The number of amides is 2. The van der Waals surface area contributed by atoms with E-state index >= 15 is 0 Å². The van der Waals surface area contributed by atoms with Crippen LogP contribution in [0.5, 0.6) is 0 Å². The fraction of sp³-hybridized carbons (Fsp3) is 0.320. The number of aromatic nitrogens is 1. The predicted octanol–water partition coefficient (Wildman–Crippen LogP) is 4.85. The summed E-state index contributed by atoms with van der Waals surface area (Å²) in [4.78, 5) is 30.0. The van der Waals surface area contributed by atoms with Gasteiger partial charge in [-0.3, -0.25) is 9.59 Å². The van der Waals surface area contributed by atoms with E-state index in [-0.39, 0.29) is 11.8 Å². The molecule has 30 heavy (non-hydrogen) atoms. The van der Waals surface area contributed by atoms with Crippen LogP contribution in [0.3, 0.4) is 0 Å². The fourth-order valence-electron chi connectivity index (χ4n) is 3.28. The molecule has 158 valence electrons. The first kappa shape index (κ1) is 23.1. The predicted molar refractivity (Wildman–Crippen MR) is 124 cm³/mol. The third kappa shape index (κ3) is 6.14. The molecule has 0 fully saturated rings. The van der Waals surface area contributed by atoms with Gasteiger partial charge in [0, 0.05) is 31.8 Å². The molecule has 0 atom stereocenters. The molecule has 0 aromatic carbocycles. The van der Waals surface area contributed by atoms with Crippen molar-refractivity contribution in [2.75, 3.05) is 18.4 Å². The zero-order valence-electron chi connectivity index (χ0n) is 18.1. The summed E-state index contributed by atoms with van der Waals surface area (Å²) >= 11 is 0. The van der Waals surface area contributed by atoms with E-state index in [1.807, 2.05) is 56.0 Å². The Balaban J connectivity index is 0.00000155. The molecule has 1 N–H and O–H groups in total. The molecule has 0 bridgehead atoms. The number of carbonyl (C=O) groups excluding carboxylic acids is 2. The summed E-state index contributed by atoms with van der Waals surface area (Å²) in [6.07, 6.45) is 17.0. The number of carbonyl (C=O) groups is 2. The first-order valence-corrected chi connectivity index (χ1v) is 10.5. The molecule has 0 saturated carbocycles. The Kier molecular flexibility index (Phi) is 9.01. The van der Waals surface area contributed by atoms with Gasteiger partial charge in [-0.1, -0.05) is 50.8 Å². The van der Waals surface area contributed by atoms with Crippen molar-refractivity contribution in [3.8, 4) is 0 Å². The highest BCUT2D eigenvalue weighted by Gasteiger charge is 2.17. The monoisotopic (exact) mass is 405 g/mol. The van der Waals surface area contributed by atoms with E-state index in [2.05, 4.69) is 23.0 Å². The molecule has 5 nitrogen and oxygen atoms in total. The summed E-state index contributed by atoms with van der Waals surface area (Å²) < 4.78 is 0. The maximum atomic E-state index is 12.5. The lowest BCUT2D eigenvalue weighted by molar-refractivity contribution is -0.125. The van der Waals surface area contributed by atoms with Crippen molar-refractivity contribution in [2.24, 2.45) is 0 Å². The van der Waals surface area contributed by atoms with Gasteiger partial charge in [-0.25, -0.2) is 4.98 Å². The highest BCUT2D eigenvalue weighted by molar-refractivity contribution is 5.94. The van der Waals surface area contributed by atoms with Crippen molar-refractivity contribution in [3.63, 3.8) is 0 Å². The van der Waals surface area contributed by atoms with E-state index in [9.17, 15) is 9.59 Å². The van der Waals surface area contributed by atoms with Crippen LogP contribution >= 0.6 is 0 Å². The highest BCUT2D eigenvalue weighted by atomic mass is 16.2. The Labute approximate surface area is 179 Å². The molecule has 5 heteroatoms. The van der Waals surface area contributed by atoms with Gasteiger partial charge in [0.15, 0.2) is 0 Å². The number of fused-ring (bicyclic) bond motifs is 1. The van der Waals surface area contributed by atoms with Crippen molar-refractivity contribution in [3.05, 3.63) is 77.6 Å². The summed E-state index contributed by atoms with van der Waals surface area (Å²) in [6, 6.07) is 1.97. The van der Waals surface area contributed by atoms with Crippen LogP contribution in [0.15, 0.2) is 66.4 Å². The normalized spacial score (nSPS) is 16.5. The second kappa shape index (κ2) is 11.7. The van der Waals surface area contributed by atoms with Crippen LogP contribution in [-0.4, -0.2) is 34.8 Å². The Morgan fingerprint density at radius 2 is 2.07 bits per heavy atom. The van der Waals surface area contributed by atoms with E-state index < -0.39 is 0 Å². The minimum absolute atomic E-state index is 0.00355. The first-order valence-electron chi connectivity index (χ1n) is 10.5. The van der Waals surface area contributed by atoms with Crippen LogP contribution in [0, 0.1) is 0 Å². The lowest BCUT2D eigenvalue weighted by Crippen LogP contribution is -2.33. The number of rotatable bonds is 5. The molecule has 1 aromatic rings. The molecule has 2 aliphatic heterocycles. The summed E-state index contributed by atoms with van der Waals surface area (Å²) in [5.74, 6) is 0.604. The van der Waals surface area contributed by atoms with E-state index in [1.54, 1.807) is 18.3 Å². The second-order valence-electron chi connectivity index (χ2n) is 6.77. The molecule has 0 saturated heterocycles. The molecule has 3 heterocycles. The Hall–Kier alpha value is -3.21. The molecular formula is C25H31N3O2. The van der Waals surface area contributed by atoms with Gasteiger partial charge in [0.1, 0.15) is 5.82 Å². The average molecular weight is 406 g/mol.